The first-order valence-corrected chi connectivity index (χ1v) is 7.32. The number of benzene rings is 2. The average Bonchev–Trinajstić information content (AvgIpc) is 2.37. The van der Waals surface area contributed by atoms with Gasteiger partial charge in [0.25, 0.3) is 0 Å². The molecule has 0 fully saturated rings. The lowest BCUT2D eigenvalue weighted by Crippen LogP contribution is -2.04. The molecule has 106 valence electrons. The van der Waals surface area contributed by atoms with Gasteiger partial charge < -0.3 is 9.84 Å². The third-order valence-corrected chi connectivity index (χ3v) is 4.02. The predicted octanol–water partition coefficient (Wildman–Crippen LogP) is 4.46. The minimum atomic E-state index is -0.619. The molecule has 2 rings (SSSR count). The Kier molecular flexibility index (Phi) is 4.51. The maximum atomic E-state index is 10.6. The van der Waals surface area contributed by atoms with Crippen molar-refractivity contribution in [2.24, 2.45) is 0 Å². The topological polar surface area (TPSA) is 29.5 Å². The lowest BCUT2D eigenvalue weighted by atomic mass is 9.94. The largest absolute Gasteiger partial charge is 0.496 e. The second-order valence-corrected chi connectivity index (χ2v) is 6.01. The second kappa shape index (κ2) is 5.98. The fraction of sp³-hybridized carbons (Fsp3) is 0.294. The summed E-state index contributed by atoms with van der Waals surface area (Å²) >= 11 is 3.45. The van der Waals surface area contributed by atoms with Crippen molar-refractivity contribution < 1.29 is 9.84 Å². The van der Waals surface area contributed by atoms with Gasteiger partial charge in [0, 0.05) is 4.47 Å². The molecule has 3 heteroatoms. The van der Waals surface area contributed by atoms with Crippen LogP contribution in [0.25, 0.3) is 0 Å². The molecule has 0 saturated heterocycles. The number of halogens is 1. The van der Waals surface area contributed by atoms with E-state index in [4.69, 9.17) is 4.74 Å². The number of aliphatic hydroxyl groups is 1. The van der Waals surface area contributed by atoms with E-state index in [9.17, 15) is 5.11 Å². The van der Waals surface area contributed by atoms with Crippen molar-refractivity contribution in [2.45, 2.75) is 26.9 Å². The molecule has 2 aromatic rings. The zero-order chi connectivity index (χ0) is 14.9. The quantitative estimate of drug-likeness (QED) is 0.897. The summed E-state index contributed by atoms with van der Waals surface area (Å²) < 4.78 is 6.39. The summed E-state index contributed by atoms with van der Waals surface area (Å²) in [6, 6.07) is 9.89. The van der Waals surface area contributed by atoms with Crippen LogP contribution < -0.4 is 4.74 Å². The van der Waals surface area contributed by atoms with Gasteiger partial charge >= 0.3 is 0 Å². The Morgan fingerprint density at radius 3 is 2.10 bits per heavy atom. The zero-order valence-electron chi connectivity index (χ0n) is 12.2. The van der Waals surface area contributed by atoms with Gasteiger partial charge in [-0.1, -0.05) is 22.0 Å². The lowest BCUT2D eigenvalue weighted by Gasteiger charge is -2.17. The Balaban J connectivity index is 2.45. The summed E-state index contributed by atoms with van der Waals surface area (Å²) in [5.74, 6) is 0.883. The van der Waals surface area contributed by atoms with Gasteiger partial charge in [0.15, 0.2) is 0 Å². The van der Waals surface area contributed by atoms with Crippen LogP contribution in [0, 0.1) is 20.8 Å². The van der Waals surface area contributed by atoms with E-state index < -0.39 is 6.10 Å². The number of hydrogen-bond acceptors (Lipinski definition) is 2. The van der Waals surface area contributed by atoms with Crippen molar-refractivity contribution in [1.82, 2.24) is 0 Å². The average molecular weight is 335 g/mol. The minimum absolute atomic E-state index is 0.619. The van der Waals surface area contributed by atoms with E-state index in [-0.39, 0.29) is 0 Å². The monoisotopic (exact) mass is 334 g/mol. The Morgan fingerprint density at radius 1 is 1.00 bits per heavy atom. The molecule has 0 aliphatic heterocycles. The van der Waals surface area contributed by atoms with Gasteiger partial charge in [0.2, 0.25) is 0 Å². The van der Waals surface area contributed by atoms with Crippen molar-refractivity contribution >= 4 is 15.9 Å². The number of hydrogen-bond donors (Lipinski definition) is 1. The standard InChI is InChI=1S/C17H19BrO2/c1-10-9-14(18)5-6-15(10)16(19)13-7-11(2)17(20-4)12(3)8-13/h5-9,16,19H,1-4H3. The van der Waals surface area contributed by atoms with Crippen LogP contribution in [0.15, 0.2) is 34.8 Å². The molecule has 0 aromatic heterocycles. The van der Waals surface area contributed by atoms with Crippen molar-refractivity contribution in [3.63, 3.8) is 0 Å². The number of aliphatic hydroxyl groups excluding tert-OH is 1. The van der Waals surface area contributed by atoms with Crippen molar-refractivity contribution in [3.8, 4) is 5.75 Å². The fourth-order valence-electron chi connectivity index (χ4n) is 2.59. The van der Waals surface area contributed by atoms with Crippen LogP contribution in [0.3, 0.4) is 0 Å². The summed E-state index contributed by atoms with van der Waals surface area (Å²) in [6.07, 6.45) is -0.619. The Labute approximate surface area is 128 Å². The highest BCUT2D eigenvalue weighted by molar-refractivity contribution is 9.10. The lowest BCUT2D eigenvalue weighted by molar-refractivity contribution is 0.219. The van der Waals surface area contributed by atoms with Crippen LogP contribution in [0.1, 0.15) is 33.9 Å². The van der Waals surface area contributed by atoms with Crippen molar-refractivity contribution in [3.05, 3.63) is 62.6 Å². The van der Waals surface area contributed by atoms with E-state index in [2.05, 4.69) is 15.9 Å². The minimum Gasteiger partial charge on any atom is -0.496 e. The van der Waals surface area contributed by atoms with Crippen LogP contribution in [0.4, 0.5) is 0 Å². The molecule has 0 heterocycles. The molecule has 0 aliphatic rings. The normalized spacial score (nSPS) is 12.3. The van der Waals surface area contributed by atoms with Gasteiger partial charge in [-0.05, 0) is 72.9 Å². The van der Waals surface area contributed by atoms with E-state index in [1.807, 2.05) is 51.1 Å². The first-order chi connectivity index (χ1) is 9.43. The molecule has 2 aromatic carbocycles. The molecule has 0 spiro atoms. The molecule has 1 N–H and O–H groups in total. The van der Waals surface area contributed by atoms with E-state index in [0.29, 0.717) is 0 Å². The highest BCUT2D eigenvalue weighted by Crippen LogP contribution is 2.31. The third kappa shape index (κ3) is 2.89. The van der Waals surface area contributed by atoms with Gasteiger partial charge in [0.1, 0.15) is 11.9 Å². The molecule has 0 radical (unpaired) electrons. The molecule has 0 bridgehead atoms. The second-order valence-electron chi connectivity index (χ2n) is 5.09. The summed E-state index contributed by atoms with van der Waals surface area (Å²) in [5.41, 5.74) is 4.97. The maximum absolute atomic E-state index is 10.6. The SMILES string of the molecule is COc1c(C)cc(C(O)c2ccc(Br)cc2C)cc1C. The molecular weight excluding hydrogens is 316 g/mol. The molecule has 20 heavy (non-hydrogen) atoms. The fourth-order valence-corrected chi connectivity index (χ4v) is 3.06. The summed E-state index contributed by atoms with van der Waals surface area (Å²) in [6.45, 7) is 6.00. The van der Waals surface area contributed by atoms with Crippen molar-refractivity contribution in [2.75, 3.05) is 7.11 Å². The molecule has 0 amide bonds. The van der Waals surface area contributed by atoms with Gasteiger partial charge in [-0.2, -0.15) is 0 Å². The smallest absolute Gasteiger partial charge is 0.124 e. The van der Waals surface area contributed by atoms with E-state index >= 15 is 0 Å². The zero-order valence-corrected chi connectivity index (χ0v) is 13.8. The third-order valence-electron chi connectivity index (χ3n) is 3.53. The van der Waals surface area contributed by atoms with Gasteiger partial charge in [-0.25, -0.2) is 0 Å². The van der Waals surface area contributed by atoms with Gasteiger partial charge in [-0.15, -0.1) is 0 Å². The van der Waals surface area contributed by atoms with Crippen LogP contribution >= 0.6 is 15.9 Å². The summed E-state index contributed by atoms with van der Waals surface area (Å²) in [4.78, 5) is 0. The molecule has 1 unspecified atom stereocenters. The first-order valence-electron chi connectivity index (χ1n) is 6.53. The number of ether oxygens (including phenoxy) is 1. The first kappa shape index (κ1) is 15.1. The van der Waals surface area contributed by atoms with Gasteiger partial charge in [0.05, 0.1) is 7.11 Å². The highest BCUT2D eigenvalue weighted by atomic mass is 79.9. The summed E-state index contributed by atoms with van der Waals surface area (Å²) in [7, 11) is 1.67. The van der Waals surface area contributed by atoms with Crippen LogP contribution in [0.2, 0.25) is 0 Å². The van der Waals surface area contributed by atoms with Crippen molar-refractivity contribution in [1.29, 1.82) is 0 Å². The molecular formula is C17H19BrO2. The molecule has 2 nitrogen and oxygen atoms in total. The Bertz CT molecular complexity index is 612. The Morgan fingerprint density at radius 2 is 1.60 bits per heavy atom. The highest BCUT2D eigenvalue weighted by Gasteiger charge is 2.15. The summed E-state index contributed by atoms with van der Waals surface area (Å²) in [5, 5.41) is 10.6. The van der Waals surface area contributed by atoms with Crippen LogP contribution in [0.5, 0.6) is 5.75 Å². The molecule has 0 aliphatic carbocycles. The van der Waals surface area contributed by atoms with Crippen LogP contribution in [-0.4, -0.2) is 12.2 Å². The van der Waals surface area contributed by atoms with Crippen LogP contribution in [-0.2, 0) is 0 Å². The van der Waals surface area contributed by atoms with E-state index in [0.717, 1.165) is 38.0 Å². The molecule has 0 saturated carbocycles. The predicted molar refractivity (Wildman–Crippen MR) is 85.4 cm³/mol. The van der Waals surface area contributed by atoms with E-state index in [1.54, 1.807) is 7.11 Å². The number of methoxy groups -OCH3 is 1. The maximum Gasteiger partial charge on any atom is 0.124 e. The Hall–Kier alpha value is -1.32. The molecule has 1 atom stereocenters. The number of aryl methyl sites for hydroxylation is 3. The number of rotatable bonds is 3. The van der Waals surface area contributed by atoms with Gasteiger partial charge in [-0.3, -0.25) is 0 Å². The van der Waals surface area contributed by atoms with E-state index in [1.165, 1.54) is 0 Å².